The predicted molar refractivity (Wildman–Crippen MR) is 210 cm³/mol. The van der Waals surface area contributed by atoms with Crippen LogP contribution in [-0.2, 0) is 19.1 Å². The van der Waals surface area contributed by atoms with Crippen LogP contribution in [-0.4, -0.2) is 98.0 Å². The number of hydrogen-bond donors (Lipinski definition) is 3. The number of carbonyl (C=O) groups is 4. The van der Waals surface area contributed by atoms with Crippen LogP contribution in [0.15, 0.2) is 36.5 Å². The minimum absolute atomic E-state index is 0.0114. The Morgan fingerprint density at radius 2 is 1.84 bits per heavy atom. The van der Waals surface area contributed by atoms with Crippen LogP contribution in [0.1, 0.15) is 86.5 Å². The molecule has 13 nitrogen and oxygen atoms in total. The van der Waals surface area contributed by atoms with Gasteiger partial charge in [0.25, 0.3) is 5.91 Å². The lowest BCUT2D eigenvalue weighted by Gasteiger charge is -2.33. The average molecular weight is 819 g/mol. The van der Waals surface area contributed by atoms with Crippen LogP contribution in [0, 0.1) is 17.8 Å². The Hall–Kier alpha value is -4.41. The first-order valence-electron chi connectivity index (χ1n) is 19.5. The third kappa shape index (κ3) is 9.18. The lowest BCUT2D eigenvalue weighted by molar-refractivity contribution is -0.244. The Morgan fingerprint density at radius 1 is 1.11 bits per heavy atom. The van der Waals surface area contributed by atoms with E-state index >= 15 is 0 Å². The second-order valence-electron chi connectivity index (χ2n) is 16.6. The van der Waals surface area contributed by atoms with E-state index in [1.807, 2.05) is 31.4 Å². The second-order valence-corrected chi connectivity index (χ2v) is 18.9. The lowest BCUT2D eigenvalue weighted by atomic mass is 9.92. The summed E-state index contributed by atoms with van der Waals surface area (Å²) in [6.45, 7) is 9.11. The third-order valence-corrected chi connectivity index (χ3v) is 14.0. The van der Waals surface area contributed by atoms with E-state index in [9.17, 15) is 32.3 Å². The van der Waals surface area contributed by atoms with E-state index in [4.69, 9.17) is 14.2 Å². The lowest BCUT2D eigenvalue weighted by Crippen LogP contribution is -2.59. The quantitative estimate of drug-likeness (QED) is 0.215. The molecular weight excluding hydrogens is 766 g/mol. The molecule has 0 bridgehead atoms. The van der Waals surface area contributed by atoms with Gasteiger partial charge in [0.05, 0.1) is 30.9 Å². The zero-order chi connectivity index (χ0) is 41.5. The van der Waals surface area contributed by atoms with Gasteiger partial charge in [-0.25, -0.2) is 14.8 Å². The van der Waals surface area contributed by atoms with Gasteiger partial charge >= 0.3 is 12.3 Å². The average Bonchev–Trinajstić information content (AvgIpc) is 4.03. The van der Waals surface area contributed by atoms with Crippen LogP contribution >= 0.6 is 10.7 Å². The summed E-state index contributed by atoms with van der Waals surface area (Å²) in [4.78, 5) is 66.8. The molecule has 1 unspecified atom stereocenters. The molecule has 2 saturated carbocycles. The Bertz CT molecular complexity index is 1960. The Balaban J connectivity index is 1.33. The number of aromatic nitrogens is 2. The van der Waals surface area contributed by atoms with Crippen molar-refractivity contribution in [2.45, 2.75) is 127 Å². The van der Waals surface area contributed by atoms with Crippen molar-refractivity contribution in [3.05, 3.63) is 36.5 Å². The zero-order valence-corrected chi connectivity index (χ0v) is 34.2. The molecule has 3 N–H and O–H groups in total. The number of fused-ring (bicyclic) bond motifs is 3. The molecule has 2 aromatic rings. The highest BCUT2D eigenvalue weighted by Crippen LogP contribution is 2.52. The van der Waals surface area contributed by atoms with Gasteiger partial charge in [-0.3, -0.25) is 14.4 Å². The number of methoxy groups -OCH3 is 1. The van der Waals surface area contributed by atoms with Crippen LogP contribution in [0.3, 0.4) is 0 Å². The number of nitrogens with one attached hydrogen (secondary N) is 3. The topological polar surface area (TPSA) is 161 Å². The number of alkyl carbamates (subject to hydrolysis) is 1. The number of allylic oxidation sites excluding steroid dienone is 1. The maximum Gasteiger partial charge on any atom is 0.427 e. The molecule has 57 heavy (non-hydrogen) atoms. The summed E-state index contributed by atoms with van der Waals surface area (Å²) in [7, 11) is 1.00. The van der Waals surface area contributed by atoms with Gasteiger partial charge in [0.1, 0.15) is 29.5 Å². The van der Waals surface area contributed by atoms with Gasteiger partial charge in [0, 0.05) is 23.2 Å². The highest BCUT2D eigenvalue weighted by atomic mass is 32.2. The van der Waals surface area contributed by atoms with Crippen molar-refractivity contribution < 1.29 is 46.6 Å². The molecule has 3 fully saturated rings. The fourth-order valence-electron chi connectivity index (χ4n) is 7.46. The molecule has 8 atom stereocenters. The Kier molecular flexibility index (Phi) is 11.9. The standard InChI is InChI=1S/C40H53F3N6O7S/c1-8-57(38(6)16-17-38)48-35(52)39-20-25(39)13-12-23(2)10-9-11-24(3)32(46-36(53)56-37(4,5)40(41,42)43)34(51)49-22-27(19-30(49)33(50)47-39)55-31-21-44-28-15-14-26(54-7)18-29(28)45-31/h8,12-15,18,21,23-25,27,30,32H,9-11,16-17,19-20,22H2,1-7H3,(H,46,53)(H,47,50)(H,48,52)/b13-12-/t23-,24-,25-,27-,30+,32+,39-,57?/m1/s1. The van der Waals surface area contributed by atoms with Crippen molar-refractivity contribution >= 4 is 50.9 Å². The van der Waals surface area contributed by atoms with Gasteiger partial charge < -0.3 is 34.5 Å². The van der Waals surface area contributed by atoms with Crippen LogP contribution in [0.2, 0.25) is 0 Å². The second kappa shape index (κ2) is 16.1. The molecule has 17 heteroatoms. The largest absolute Gasteiger partial charge is 0.497 e. The normalized spacial score (nSPS) is 30.1. The predicted octanol–water partition coefficient (Wildman–Crippen LogP) is 5.98. The number of rotatable bonds is 8. The van der Waals surface area contributed by atoms with Crippen molar-refractivity contribution in [1.29, 1.82) is 0 Å². The number of hydrogen-bond acceptors (Lipinski definition) is 9. The monoisotopic (exact) mass is 818 g/mol. The number of carbonyl (C=O) groups excluding carboxylic acids is 4. The molecule has 312 valence electrons. The molecular formula is C40H53F3N6O7S. The highest BCUT2D eigenvalue weighted by molar-refractivity contribution is 8.15. The maximum atomic E-state index is 14.7. The first-order chi connectivity index (χ1) is 26.8. The maximum absolute atomic E-state index is 14.7. The summed E-state index contributed by atoms with van der Waals surface area (Å²) < 4.78 is 60.7. The van der Waals surface area contributed by atoms with E-state index in [-0.39, 0.29) is 41.3 Å². The van der Waals surface area contributed by atoms with Crippen molar-refractivity contribution in [2.75, 3.05) is 13.7 Å². The number of ether oxygens (including phenoxy) is 3. The van der Waals surface area contributed by atoms with E-state index in [1.54, 1.807) is 25.1 Å². The van der Waals surface area contributed by atoms with Crippen molar-refractivity contribution in [3.8, 4) is 11.6 Å². The summed E-state index contributed by atoms with van der Waals surface area (Å²) in [5, 5.41) is 7.46. The van der Waals surface area contributed by atoms with E-state index in [0.29, 0.717) is 42.5 Å². The van der Waals surface area contributed by atoms with Gasteiger partial charge in [0.15, 0.2) is 0 Å². The number of alkyl halides is 3. The summed E-state index contributed by atoms with van der Waals surface area (Å²) in [6.07, 6.45) is 2.45. The minimum atomic E-state index is -4.88. The smallest absolute Gasteiger partial charge is 0.427 e. The molecule has 1 aromatic carbocycles. The molecule has 0 radical (unpaired) electrons. The molecule has 0 spiro atoms. The van der Waals surface area contributed by atoms with Crippen LogP contribution in [0.25, 0.3) is 11.0 Å². The first kappa shape index (κ1) is 42.2. The zero-order valence-electron chi connectivity index (χ0n) is 33.4. The fraction of sp³-hybridized carbons (Fsp3) is 0.625. The van der Waals surface area contributed by atoms with Crippen molar-refractivity contribution in [1.82, 2.24) is 30.2 Å². The Labute approximate surface area is 333 Å². The van der Waals surface area contributed by atoms with Gasteiger partial charge in [-0.1, -0.05) is 43.1 Å². The molecule has 1 aromatic heterocycles. The number of amides is 4. The minimum Gasteiger partial charge on any atom is -0.497 e. The van der Waals surface area contributed by atoms with Gasteiger partial charge in [-0.2, -0.15) is 13.2 Å². The molecule has 2 aliphatic carbocycles. The van der Waals surface area contributed by atoms with Gasteiger partial charge in [-0.15, -0.1) is 0 Å². The van der Waals surface area contributed by atoms with Gasteiger partial charge in [0.2, 0.25) is 23.3 Å². The summed E-state index contributed by atoms with van der Waals surface area (Å²) in [5.74, 6) is -1.67. The number of nitrogens with zero attached hydrogens (tertiary/aromatic N) is 3. The number of benzene rings is 1. The molecule has 2 aliphatic heterocycles. The van der Waals surface area contributed by atoms with Crippen LogP contribution in [0.5, 0.6) is 11.6 Å². The van der Waals surface area contributed by atoms with E-state index in [0.717, 1.165) is 26.7 Å². The Morgan fingerprint density at radius 3 is 2.51 bits per heavy atom. The molecule has 4 aliphatic rings. The first-order valence-corrected chi connectivity index (χ1v) is 20.8. The van der Waals surface area contributed by atoms with Crippen molar-refractivity contribution in [3.63, 3.8) is 0 Å². The SMILES string of the molecule is C/C=S(/NC(=O)[C@@]12C[C@H]1/C=C\[C@H](C)CCC[C@@H](C)[C@H](NC(=O)OC(C)(C)C(F)(F)F)C(=O)N1C[C@H](Oc3cnc4ccc(OC)cc4n3)C[C@H]1C(=O)N2)C1(C)CC1. The molecule has 3 heterocycles. The van der Waals surface area contributed by atoms with Gasteiger partial charge in [-0.05, 0) is 89.1 Å². The van der Waals surface area contributed by atoms with E-state index in [2.05, 4.69) is 32.2 Å². The third-order valence-electron chi connectivity index (χ3n) is 11.7. The van der Waals surface area contributed by atoms with E-state index < -0.39 is 70.0 Å². The summed E-state index contributed by atoms with van der Waals surface area (Å²) in [5.41, 5.74) is -3.02. The summed E-state index contributed by atoms with van der Waals surface area (Å²) in [6, 6.07) is 2.65. The highest BCUT2D eigenvalue weighted by Gasteiger charge is 2.62. The van der Waals surface area contributed by atoms with Crippen molar-refractivity contribution in [2.24, 2.45) is 17.8 Å². The summed E-state index contributed by atoms with van der Waals surface area (Å²) >= 11 is 0. The van der Waals surface area contributed by atoms with E-state index in [1.165, 1.54) is 18.2 Å². The van der Waals surface area contributed by atoms with Crippen LogP contribution < -0.4 is 24.8 Å². The molecule has 1 saturated heterocycles. The van der Waals surface area contributed by atoms with Crippen LogP contribution in [0.4, 0.5) is 18.0 Å². The molecule has 4 amide bonds. The fourth-order valence-corrected chi connectivity index (χ4v) is 9.32. The number of halogens is 3. The molecule has 6 rings (SSSR count).